The molecule has 0 bridgehead atoms. The van der Waals surface area contributed by atoms with Crippen LogP contribution in [0.1, 0.15) is 6.92 Å². The van der Waals surface area contributed by atoms with Crippen LogP contribution in [0.25, 0.3) is 0 Å². The molecule has 0 saturated heterocycles. The number of pyridine rings is 1. The minimum absolute atomic E-state index is 0. The molecule has 1 aromatic rings. The van der Waals surface area contributed by atoms with Gasteiger partial charge in [0.2, 0.25) is 5.91 Å². The summed E-state index contributed by atoms with van der Waals surface area (Å²) >= 11 is 0. The Hall–Kier alpha value is -1.33. The summed E-state index contributed by atoms with van der Waals surface area (Å²) in [5, 5.41) is 5.43. The lowest BCUT2D eigenvalue weighted by Gasteiger charge is -2.07. The van der Waals surface area contributed by atoms with E-state index in [1.54, 1.807) is 19.3 Å². The Kier molecular flexibility index (Phi) is 6.44. The molecule has 0 spiro atoms. The topological polar surface area (TPSA) is 63.1 Å². The largest absolute Gasteiger partial charge is 0.324 e. The van der Waals surface area contributed by atoms with Gasteiger partial charge in [0.15, 0.2) is 0 Å². The van der Waals surface area contributed by atoms with E-state index in [2.05, 4.69) is 10.6 Å². The Morgan fingerprint density at radius 2 is 2.12 bits per heavy atom. The molecule has 0 unspecified atom stereocenters. The molecule has 0 radical (unpaired) electrons. The fraction of sp³-hybridized carbons (Fsp3) is 0.400. The third-order valence-corrected chi connectivity index (χ3v) is 1.95. The zero-order valence-electron chi connectivity index (χ0n) is 9.32. The molecule has 1 rings (SSSR count). The van der Waals surface area contributed by atoms with Crippen LogP contribution in [0.3, 0.4) is 0 Å². The van der Waals surface area contributed by atoms with Gasteiger partial charge in [-0.25, -0.2) is 0 Å². The molecule has 1 heterocycles. The maximum atomic E-state index is 11.3. The lowest BCUT2D eigenvalue weighted by Crippen LogP contribution is -2.26. The second-order valence-electron chi connectivity index (χ2n) is 3.12. The Morgan fingerprint density at radius 3 is 2.69 bits per heavy atom. The number of carbonyl (C=O) groups is 1. The van der Waals surface area contributed by atoms with Gasteiger partial charge in [-0.05, 0) is 20.0 Å². The van der Waals surface area contributed by atoms with Gasteiger partial charge < -0.3 is 15.2 Å². The van der Waals surface area contributed by atoms with E-state index in [1.807, 2.05) is 6.92 Å². The monoisotopic (exact) mass is 245 g/mol. The third-order valence-electron chi connectivity index (χ3n) is 1.95. The second-order valence-corrected chi connectivity index (χ2v) is 3.12. The molecule has 0 aliphatic carbocycles. The number of aromatic nitrogens is 1. The number of aryl methyl sites for hydroxylation is 1. The van der Waals surface area contributed by atoms with Crippen molar-refractivity contribution in [2.45, 2.75) is 13.5 Å². The molecule has 0 aliphatic heterocycles. The summed E-state index contributed by atoms with van der Waals surface area (Å²) in [6.07, 6.45) is 1.63. The van der Waals surface area contributed by atoms with Crippen molar-refractivity contribution in [3.63, 3.8) is 0 Å². The van der Waals surface area contributed by atoms with E-state index in [0.29, 0.717) is 12.2 Å². The van der Waals surface area contributed by atoms with Gasteiger partial charge in [-0.15, -0.1) is 12.4 Å². The second kappa shape index (κ2) is 7.03. The summed E-state index contributed by atoms with van der Waals surface area (Å²) in [5.74, 6) is -0.126. The standard InChI is InChI=1S/C10H15N3O2.ClH/c1-3-13-7-8(4-5-10(13)15)12-9(14)6-11-2;/h4-5,7,11H,3,6H2,1-2H3,(H,12,14);1H. The van der Waals surface area contributed by atoms with E-state index >= 15 is 0 Å². The molecule has 16 heavy (non-hydrogen) atoms. The van der Waals surface area contributed by atoms with Crippen LogP contribution in [-0.2, 0) is 11.3 Å². The Labute approximate surface area is 100 Å². The van der Waals surface area contributed by atoms with Crippen molar-refractivity contribution in [1.29, 1.82) is 0 Å². The van der Waals surface area contributed by atoms with Crippen LogP contribution in [-0.4, -0.2) is 24.1 Å². The first-order valence-corrected chi connectivity index (χ1v) is 4.82. The van der Waals surface area contributed by atoms with E-state index in [0.717, 1.165) is 0 Å². The Balaban J connectivity index is 0.00000225. The van der Waals surface area contributed by atoms with Crippen LogP contribution in [0.4, 0.5) is 5.69 Å². The highest BCUT2D eigenvalue weighted by atomic mass is 35.5. The maximum Gasteiger partial charge on any atom is 0.250 e. The molecule has 0 aromatic carbocycles. The average molecular weight is 246 g/mol. The van der Waals surface area contributed by atoms with Crippen LogP contribution in [0.15, 0.2) is 23.1 Å². The van der Waals surface area contributed by atoms with Crippen molar-refractivity contribution in [2.24, 2.45) is 0 Å². The van der Waals surface area contributed by atoms with Crippen molar-refractivity contribution >= 4 is 24.0 Å². The van der Waals surface area contributed by atoms with Gasteiger partial charge in [0.25, 0.3) is 5.56 Å². The summed E-state index contributed by atoms with van der Waals surface area (Å²) < 4.78 is 1.54. The maximum absolute atomic E-state index is 11.3. The van der Waals surface area contributed by atoms with E-state index in [-0.39, 0.29) is 30.4 Å². The fourth-order valence-electron chi connectivity index (χ4n) is 1.22. The minimum Gasteiger partial charge on any atom is -0.324 e. The van der Waals surface area contributed by atoms with Crippen molar-refractivity contribution < 1.29 is 4.79 Å². The number of anilines is 1. The van der Waals surface area contributed by atoms with Crippen LogP contribution >= 0.6 is 12.4 Å². The van der Waals surface area contributed by atoms with Gasteiger partial charge in [-0.3, -0.25) is 9.59 Å². The number of nitrogens with zero attached hydrogens (tertiary/aromatic N) is 1. The predicted octanol–water partition coefficient (Wildman–Crippen LogP) is 0.448. The first kappa shape index (κ1) is 14.7. The molecule has 2 N–H and O–H groups in total. The molecule has 0 aliphatic rings. The normalized spacial score (nSPS) is 9.38. The van der Waals surface area contributed by atoms with E-state index in [1.165, 1.54) is 10.6 Å². The molecular weight excluding hydrogens is 230 g/mol. The minimum atomic E-state index is -0.126. The van der Waals surface area contributed by atoms with E-state index in [9.17, 15) is 9.59 Å². The van der Waals surface area contributed by atoms with Crippen LogP contribution in [0, 0.1) is 0 Å². The molecule has 0 saturated carbocycles. The number of hydrogen-bond donors (Lipinski definition) is 2. The smallest absolute Gasteiger partial charge is 0.250 e. The summed E-state index contributed by atoms with van der Waals surface area (Å²) in [5.41, 5.74) is 0.570. The van der Waals surface area contributed by atoms with Gasteiger partial charge in [0.1, 0.15) is 0 Å². The summed E-state index contributed by atoms with van der Waals surface area (Å²) in [6.45, 7) is 2.72. The summed E-state index contributed by atoms with van der Waals surface area (Å²) in [4.78, 5) is 22.5. The van der Waals surface area contributed by atoms with E-state index in [4.69, 9.17) is 0 Å². The quantitative estimate of drug-likeness (QED) is 0.810. The lowest BCUT2D eigenvalue weighted by atomic mass is 10.4. The number of carbonyl (C=O) groups excluding carboxylic acids is 1. The summed E-state index contributed by atoms with van der Waals surface area (Å²) in [7, 11) is 1.70. The van der Waals surface area contributed by atoms with Crippen molar-refractivity contribution in [2.75, 3.05) is 18.9 Å². The van der Waals surface area contributed by atoms with Gasteiger partial charge in [-0.2, -0.15) is 0 Å². The highest BCUT2D eigenvalue weighted by Crippen LogP contribution is 2.02. The zero-order chi connectivity index (χ0) is 11.3. The first-order chi connectivity index (χ1) is 7.17. The van der Waals surface area contributed by atoms with Gasteiger partial charge >= 0.3 is 0 Å². The highest BCUT2D eigenvalue weighted by Gasteiger charge is 2.01. The summed E-state index contributed by atoms with van der Waals surface area (Å²) in [6, 6.07) is 3.04. The lowest BCUT2D eigenvalue weighted by molar-refractivity contribution is -0.115. The van der Waals surface area contributed by atoms with Gasteiger partial charge in [-0.1, -0.05) is 0 Å². The van der Waals surface area contributed by atoms with Crippen LogP contribution < -0.4 is 16.2 Å². The molecule has 0 atom stereocenters. The number of rotatable bonds is 4. The molecular formula is C10H16ClN3O2. The number of likely N-dealkylation sites (N-methyl/N-ethyl adjacent to an activating group) is 1. The molecule has 1 aromatic heterocycles. The Bertz CT molecular complexity index is 403. The molecule has 0 fully saturated rings. The number of nitrogens with one attached hydrogen (secondary N) is 2. The predicted molar refractivity (Wildman–Crippen MR) is 66.2 cm³/mol. The third kappa shape index (κ3) is 4.04. The van der Waals surface area contributed by atoms with Gasteiger partial charge in [0, 0.05) is 18.8 Å². The first-order valence-electron chi connectivity index (χ1n) is 4.82. The SMILES string of the molecule is CCn1cc(NC(=O)CNC)ccc1=O.Cl. The van der Waals surface area contributed by atoms with Gasteiger partial charge in [0.05, 0.1) is 12.2 Å². The van der Waals surface area contributed by atoms with Crippen molar-refractivity contribution in [1.82, 2.24) is 9.88 Å². The van der Waals surface area contributed by atoms with Crippen LogP contribution in [0.5, 0.6) is 0 Å². The molecule has 1 amide bonds. The fourth-order valence-corrected chi connectivity index (χ4v) is 1.22. The average Bonchev–Trinajstić information content (AvgIpc) is 2.21. The van der Waals surface area contributed by atoms with E-state index < -0.39 is 0 Å². The molecule has 5 nitrogen and oxygen atoms in total. The van der Waals surface area contributed by atoms with Crippen LogP contribution in [0.2, 0.25) is 0 Å². The zero-order valence-corrected chi connectivity index (χ0v) is 10.1. The number of hydrogen-bond acceptors (Lipinski definition) is 3. The Morgan fingerprint density at radius 1 is 1.44 bits per heavy atom. The van der Waals surface area contributed by atoms with Crippen molar-refractivity contribution in [3.05, 3.63) is 28.7 Å². The number of halogens is 1. The molecule has 6 heteroatoms. The highest BCUT2D eigenvalue weighted by molar-refractivity contribution is 5.91. The molecule has 90 valence electrons. The van der Waals surface area contributed by atoms with Crippen molar-refractivity contribution in [3.8, 4) is 0 Å². The number of amides is 1.